The number of methoxy groups -OCH3 is 2. The molecule has 0 bridgehead atoms. The Kier molecular flexibility index (Phi) is 4.99. The van der Waals surface area contributed by atoms with Crippen LogP contribution in [-0.2, 0) is 4.79 Å². The standard InChI is InChI=1S/C19H19N3O3/c1-24-14-8-9-17(25-2)16(11-14)21-12-18(23)22-15-7-3-5-13-6-4-10-20-19(13)15/h3-11,21H,12H2,1-2H3,(H,22,23). The van der Waals surface area contributed by atoms with E-state index in [2.05, 4.69) is 15.6 Å². The van der Waals surface area contributed by atoms with Crippen molar-refractivity contribution >= 4 is 28.2 Å². The summed E-state index contributed by atoms with van der Waals surface area (Å²) in [5.74, 6) is 1.14. The number of anilines is 2. The molecule has 2 aromatic carbocycles. The number of pyridine rings is 1. The van der Waals surface area contributed by atoms with E-state index in [1.165, 1.54) is 0 Å². The van der Waals surface area contributed by atoms with E-state index in [0.717, 1.165) is 10.9 Å². The maximum Gasteiger partial charge on any atom is 0.243 e. The molecule has 0 aliphatic rings. The van der Waals surface area contributed by atoms with Crippen molar-refractivity contribution in [1.82, 2.24) is 4.98 Å². The third-order valence-electron chi connectivity index (χ3n) is 3.75. The molecular formula is C19H19N3O3. The van der Waals surface area contributed by atoms with E-state index in [4.69, 9.17) is 9.47 Å². The van der Waals surface area contributed by atoms with Crippen molar-refractivity contribution in [2.45, 2.75) is 0 Å². The molecule has 0 saturated carbocycles. The van der Waals surface area contributed by atoms with Crippen LogP contribution in [0.3, 0.4) is 0 Å². The van der Waals surface area contributed by atoms with Crippen molar-refractivity contribution in [1.29, 1.82) is 0 Å². The fraction of sp³-hybridized carbons (Fsp3) is 0.158. The molecule has 128 valence electrons. The number of para-hydroxylation sites is 1. The molecule has 0 unspecified atom stereocenters. The molecule has 0 aliphatic heterocycles. The van der Waals surface area contributed by atoms with E-state index < -0.39 is 0 Å². The van der Waals surface area contributed by atoms with Gasteiger partial charge in [0.15, 0.2) is 0 Å². The molecule has 3 aromatic rings. The van der Waals surface area contributed by atoms with Gasteiger partial charge >= 0.3 is 0 Å². The molecule has 0 atom stereocenters. The van der Waals surface area contributed by atoms with Gasteiger partial charge in [-0.2, -0.15) is 0 Å². The van der Waals surface area contributed by atoms with Crippen LogP contribution in [0.1, 0.15) is 0 Å². The Morgan fingerprint density at radius 2 is 1.88 bits per heavy atom. The Morgan fingerprint density at radius 3 is 2.68 bits per heavy atom. The zero-order valence-corrected chi connectivity index (χ0v) is 14.1. The van der Waals surface area contributed by atoms with Gasteiger partial charge in [0.05, 0.1) is 37.7 Å². The summed E-state index contributed by atoms with van der Waals surface area (Å²) < 4.78 is 10.5. The number of hydrogen-bond acceptors (Lipinski definition) is 5. The average molecular weight is 337 g/mol. The van der Waals surface area contributed by atoms with Gasteiger partial charge in [0, 0.05) is 17.6 Å². The van der Waals surface area contributed by atoms with Crippen LogP contribution in [0.2, 0.25) is 0 Å². The first-order chi connectivity index (χ1) is 12.2. The van der Waals surface area contributed by atoms with Gasteiger partial charge in [0.25, 0.3) is 0 Å². The molecule has 6 nitrogen and oxygen atoms in total. The molecule has 0 radical (unpaired) electrons. The molecule has 0 spiro atoms. The van der Waals surface area contributed by atoms with Gasteiger partial charge in [-0.25, -0.2) is 0 Å². The number of carbonyl (C=O) groups excluding carboxylic acids is 1. The number of fused-ring (bicyclic) bond motifs is 1. The van der Waals surface area contributed by atoms with Gasteiger partial charge < -0.3 is 20.1 Å². The van der Waals surface area contributed by atoms with Crippen LogP contribution < -0.4 is 20.1 Å². The van der Waals surface area contributed by atoms with Crippen molar-refractivity contribution in [3.05, 3.63) is 54.7 Å². The summed E-state index contributed by atoms with van der Waals surface area (Å²) in [5.41, 5.74) is 2.13. The molecule has 1 aromatic heterocycles. The van der Waals surface area contributed by atoms with E-state index in [9.17, 15) is 4.79 Å². The van der Waals surface area contributed by atoms with E-state index >= 15 is 0 Å². The van der Waals surface area contributed by atoms with Gasteiger partial charge in [-0.1, -0.05) is 18.2 Å². The number of carbonyl (C=O) groups is 1. The fourth-order valence-corrected chi connectivity index (χ4v) is 2.53. The first-order valence-corrected chi connectivity index (χ1v) is 7.81. The molecule has 0 saturated heterocycles. The van der Waals surface area contributed by atoms with Crippen LogP contribution in [0.4, 0.5) is 11.4 Å². The van der Waals surface area contributed by atoms with Gasteiger partial charge in [-0.3, -0.25) is 9.78 Å². The minimum absolute atomic E-state index is 0.0900. The van der Waals surface area contributed by atoms with Crippen LogP contribution in [0.15, 0.2) is 54.7 Å². The summed E-state index contributed by atoms with van der Waals surface area (Å²) in [5, 5.41) is 6.93. The Morgan fingerprint density at radius 1 is 1.04 bits per heavy atom. The molecule has 25 heavy (non-hydrogen) atoms. The third kappa shape index (κ3) is 3.80. The van der Waals surface area contributed by atoms with Gasteiger partial charge in [-0.05, 0) is 24.3 Å². The number of nitrogens with zero attached hydrogens (tertiary/aromatic N) is 1. The highest BCUT2D eigenvalue weighted by Gasteiger charge is 2.09. The van der Waals surface area contributed by atoms with Gasteiger partial charge in [0.1, 0.15) is 11.5 Å². The largest absolute Gasteiger partial charge is 0.497 e. The normalized spacial score (nSPS) is 10.3. The minimum atomic E-state index is -0.178. The zero-order valence-electron chi connectivity index (χ0n) is 14.1. The van der Waals surface area contributed by atoms with Crippen molar-refractivity contribution in [2.75, 3.05) is 31.4 Å². The van der Waals surface area contributed by atoms with Crippen LogP contribution in [0, 0.1) is 0 Å². The molecule has 3 rings (SSSR count). The quantitative estimate of drug-likeness (QED) is 0.722. The number of rotatable bonds is 6. The molecule has 6 heteroatoms. The Hall–Kier alpha value is -3.28. The van der Waals surface area contributed by atoms with Crippen LogP contribution in [0.25, 0.3) is 10.9 Å². The maximum absolute atomic E-state index is 12.3. The number of benzene rings is 2. The lowest BCUT2D eigenvalue weighted by Gasteiger charge is -2.13. The summed E-state index contributed by atoms with van der Waals surface area (Å²) in [6, 6.07) is 14.9. The number of hydrogen-bond donors (Lipinski definition) is 2. The predicted octanol–water partition coefficient (Wildman–Crippen LogP) is 3.30. The SMILES string of the molecule is COc1ccc(OC)c(NCC(=O)Nc2cccc3cccnc23)c1. The summed E-state index contributed by atoms with van der Waals surface area (Å²) in [4.78, 5) is 16.6. The van der Waals surface area contributed by atoms with Crippen molar-refractivity contribution in [2.24, 2.45) is 0 Å². The number of amides is 1. The number of nitrogens with one attached hydrogen (secondary N) is 2. The van der Waals surface area contributed by atoms with Crippen molar-refractivity contribution in [3.63, 3.8) is 0 Å². The molecule has 2 N–H and O–H groups in total. The summed E-state index contributed by atoms with van der Waals surface area (Å²) in [7, 11) is 3.17. The molecule has 1 amide bonds. The highest BCUT2D eigenvalue weighted by atomic mass is 16.5. The monoisotopic (exact) mass is 337 g/mol. The number of ether oxygens (including phenoxy) is 2. The van der Waals surface area contributed by atoms with Gasteiger partial charge in [0.2, 0.25) is 5.91 Å². The Bertz CT molecular complexity index is 891. The first kappa shape index (κ1) is 16.6. The molecular weight excluding hydrogens is 318 g/mol. The van der Waals surface area contributed by atoms with E-state index in [0.29, 0.717) is 22.9 Å². The van der Waals surface area contributed by atoms with Crippen LogP contribution in [0.5, 0.6) is 11.5 Å². The average Bonchev–Trinajstić information content (AvgIpc) is 2.66. The first-order valence-electron chi connectivity index (χ1n) is 7.81. The second-order valence-corrected chi connectivity index (χ2v) is 5.35. The maximum atomic E-state index is 12.3. The molecule has 0 aliphatic carbocycles. The van der Waals surface area contributed by atoms with E-state index in [1.54, 1.807) is 38.6 Å². The Balaban J connectivity index is 1.71. The van der Waals surface area contributed by atoms with Crippen LogP contribution in [-0.4, -0.2) is 31.7 Å². The van der Waals surface area contributed by atoms with E-state index in [-0.39, 0.29) is 12.5 Å². The topological polar surface area (TPSA) is 72.5 Å². The zero-order chi connectivity index (χ0) is 17.6. The predicted molar refractivity (Wildman–Crippen MR) is 98.4 cm³/mol. The highest BCUT2D eigenvalue weighted by Crippen LogP contribution is 2.28. The summed E-state index contributed by atoms with van der Waals surface area (Å²) in [6.07, 6.45) is 1.71. The lowest BCUT2D eigenvalue weighted by Crippen LogP contribution is -2.22. The summed E-state index contributed by atoms with van der Waals surface area (Å²) >= 11 is 0. The second-order valence-electron chi connectivity index (χ2n) is 5.35. The van der Waals surface area contributed by atoms with Crippen LogP contribution >= 0.6 is 0 Å². The van der Waals surface area contributed by atoms with Crippen molar-refractivity contribution < 1.29 is 14.3 Å². The van der Waals surface area contributed by atoms with Gasteiger partial charge in [-0.15, -0.1) is 0 Å². The highest BCUT2D eigenvalue weighted by molar-refractivity contribution is 6.01. The number of aromatic nitrogens is 1. The third-order valence-corrected chi connectivity index (χ3v) is 3.75. The molecule has 1 heterocycles. The summed E-state index contributed by atoms with van der Waals surface area (Å²) in [6.45, 7) is 0.0900. The fourth-order valence-electron chi connectivity index (χ4n) is 2.53. The second kappa shape index (κ2) is 7.53. The van der Waals surface area contributed by atoms with E-state index in [1.807, 2.05) is 30.3 Å². The van der Waals surface area contributed by atoms with Crippen molar-refractivity contribution in [3.8, 4) is 11.5 Å². The molecule has 0 fully saturated rings. The minimum Gasteiger partial charge on any atom is -0.497 e. The smallest absolute Gasteiger partial charge is 0.243 e. The lowest BCUT2D eigenvalue weighted by molar-refractivity contribution is -0.114. The lowest BCUT2D eigenvalue weighted by atomic mass is 10.2. The Labute approximate surface area is 145 Å².